The van der Waals surface area contributed by atoms with Crippen molar-refractivity contribution in [2.75, 3.05) is 6.54 Å². The van der Waals surface area contributed by atoms with E-state index in [2.05, 4.69) is 15.4 Å². The zero-order valence-corrected chi connectivity index (χ0v) is 13.0. The third kappa shape index (κ3) is 3.47. The minimum absolute atomic E-state index is 0.115. The summed E-state index contributed by atoms with van der Waals surface area (Å²) in [5, 5.41) is 0.616. The van der Waals surface area contributed by atoms with E-state index in [-0.39, 0.29) is 12.3 Å². The second kappa shape index (κ2) is 6.73. The van der Waals surface area contributed by atoms with Crippen molar-refractivity contribution in [1.82, 2.24) is 5.43 Å². The molecule has 6 heteroatoms. The molecule has 1 aliphatic heterocycles. The Balaban J connectivity index is 2.08. The van der Waals surface area contributed by atoms with E-state index in [1.165, 1.54) is 0 Å². The highest BCUT2D eigenvalue weighted by Gasteiger charge is 2.17. The summed E-state index contributed by atoms with van der Waals surface area (Å²) in [5.41, 5.74) is 6.17. The molecule has 0 fully saturated rings. The predicted octanol–water partition coefficient (Wildman–Crippen LogP) is 2.64. The smallest absolute Gasteiger partial charge is 0.239 e. The van der Waals surface area contributed by atoms with Crippen LogP contribution in [0.3, 0.4) is 0 Å². The molecule has 0 saturated heterocycles. The second-order valence-electron chi connectivity index (χ2n) is 5.11. The van der Waals surface area contributed by atoms with Crippen molar-refractivity contribution in [3.05, 3.63) is 64.7 Å². The molecule has 5 nitrogen and oxygen atoms in total. The molecule has 0 atom stereocenters. The normalized spacial score (nSPS) is 13.5. The van der Waals surface area contributed by atoms with Crippen LogP contribution in [-0.2, 0) is 4.79 Å². The number of halogens is 1. The Morgan fingerprint density at radius 2 is 2.00 bits per heavy atom. The predicted molar refractivity (Wildman–Crippen MR) is 92.4 cm³/mol. The van der Waals surface area contributed by atoms with Crippen molar-refractivity contribution < 1.29 is 4.79 Å². The van der Waals surface area contributed by atoms with Gasteiger partial charge in [-0.05, 0) is 18.2 Å². The lowest BCUT2D eigenvalue weighted by atomic mass is 10.0. The van der Waals surface area contributed by atoms with Gasteiger partial charge in [0.2, 0.25) is 5.91 Å². The Hall–Kier alpha value is -2.50. The monoisotopic (exact) mass is 326 g/mol. The highest BCUT2D eigenvalue weighted by Crippen LogP contribution is 2.28. The maximum Gasteiger partial charge on any atom is 0.239 e. The largest absolute Gasteiger partial charge is 0.294 e. The summed E-state index contributed by atoms with van der Waals surface area (Å²) in [6, 6.07) is 15.3. The van der Waals surface area contributed by atoms with E-state index in [0.717, 1.165) is 22.5 Å². The van der Waals surface area contributed by atoms with Gasteiger partial charge in [-0.15, -0.1) is 0 Å². The Bertz CT molecular complexity index is 799. The molecule has 1 heterocycles. The topological polar surface area (TPSA) is 79.8 Å². The number of nitrogens with one attached hydrogen (secondary N) is 1. The lowest BCUT2D eigenvalue weighted by Gasteiger charge is -2.08. The van der Waals surface area contributed by atoms with Crippen LogP contribution in [0.25, 0.3) is 0 Å². The summed E-state index contributed by atoms with van der Waals surface area (Å²) in [6.07, 6.45) is 0.115. The summed E-state index contributed by atoms with van der Waals surface area (Å²) in [5.74, 6) is 4.86. The van der Waals surface area contributed by atoms with Crippen molar-refractivity contribution in [1.29, 1.82) is 0 Å². The van der Waals surface area contributed by atoms with Gasteiger partial charge in [0.05, 0.1) is 24.4 Å². The second-order valence-corrected chi connectivity index (χ2v) is 5.55. The number of hydrogen-bond acceptors (Lipinski definition) is 4. The Morgan fingerprint density at radius 3 is 2.74 bits per heavy atom. The molecule has 23 heavy (non-hydrogen) atoms. The van der Waals surface area contributed by atoms with Crippen LogP contribution in [0, 0.1) is 0 Å². The summed E-state index contributed by atoms with van der Waals surface area (Å²) in [4.78, 5) is 20.7. The highest BCUT2D eigenvalue weighted by molar-refractivity contribution is 6.31. The van der Waals surface area contributed by atoms with Gasteiger partial charge >= 0.3 is 0 Å². The Morgan fingerprint density at radius 1 is 1.22 bits per heavy atom. The van der Waals surface area contributed by atoms with E-state index in [4.69, 9.17) is 17.4 Å². The lowest BCUT2D eigenvalue weighted by molar-refractivity contribution is -0.119. The number of rotatable bonds is 3. The third-order valence-corrected chi connectivity index (χ3v) is 3.72. The van der Waals surface area contributed by atoms with Crippen molar-refractivity contribution >= 4 is 34.6 Å². The van der Waals surface area contributed by atoms with Crippen LogP contribution < -0.4 is 11.3 Å². The molecule has 2 aromatic rings. The maximum atomic E-state index is 11.5. The number of nitrogens with zero attached hydrogens (tertiary/aromatic N) is 2. The van der Waals surface area contributed by atoms with Gasteiger partial charge in [0.15, 0.2) is 0 Å². The van der Waals surface area contributed by atoms with E-state index < -0.39 is 0 Å². The third-order valence-electron chi connectivity index (χ3n) is 3.48. The average Bonchev–Trinajstić information content (AvgIpc) is 2.74. The fraction of sp³-hybridized carbons (Fsp3) is 0.118. The van der Waals surface area contributed by atoms with Gasteiger partial charge in [-0.25, -0.2) is 5.84 Å². The molecule has 3 rings (SSSR count). The van der Waals surface area contributed by atoms with E-state index in [1.54, 1.807) is 6.07 Å². The van der Waals surface area contributed by atoms with Crippen LogP contribution in [0.15, 0.2) is 58.5 Å². The zero-order chi connectivity index (χ0) is 16.2. The van der Waals surface area contributed by atoms with Crippen LogP contribution >= 0.6 is 11.6 Å². The lowest BCUT2D eigenvalue weighted by Crippen LogP contribution is -2.32. The molecular weight excluding hydrogens is 312 g/mol. The standard InChI is InChI=1S/C17H15ClN4O/c18-12-6-7-15-14(8-12)17(11-4-2-1-3-5-11)20-10-13(21-15)9-16(23)22-19/h1-8H,9-10,19H2,(H,22,23). The molecule has 0 aromatic heterocycles. The number of hydrazine groups is 1. The summed E-state index contributed by atoms with van der Waals surface area (Å²) >= 11 is 6.14. The maximum absolute atomic E-state index is 11.5. The number of nitrogens with two attached hydrogens (primary N) is 1. The van der Waals surface area contributed by atoms with Gasteiger partial charge in [0.25, 0.3) is 0 Å². The number of fused-ring (bicyclic) bond motifs is 1. The van der Waals surface area contributed by atoms with Gasteiger partial charge in [-0.1, -0.05) is 41.9 Å². The van der Waals surface area contributed by atoms with Crippen LogP contribution in [0.1, 0.15) is 17.5 Å². The van der Waals surface area contributed by atoms with Gasteiger partial charge in [0, 0.05) is 21.9 Å². The van der Waals surface area contributed by atoms with E-state index >= 15 is 0 Å². The van der Waals surface area contributed by atoms with Crippen molar-refractivity contribution in [2.24, 2.45) is 15.8 Å². The first kappa shape index (κ1) is 15.4. The first-order valence-electron chi connectivity index (χ1n) is 7.13. The fourth-order valence-corrected chi connectivity index (χ4v) is 2.60. The summed E-state index contributed by atoms with van der Waals surface area (Å²) in [7, 11) is 0. The van der Waals surface area contributed by atoms with Gasteiger partial charge in [-0.3, -0.25) is 20.2 Å². The number of aliphatic imine (C=N–C) groups is 2. The molecular formula is C17H15ClN4O. The molecule has 0 unspecified atom stereocenters. The Kier molecular flexibility index (Phi) is 4.50. The first-order valence-corrected chi connectivity index (χ1v) is 7.51. The number of carbonyl (C=O) groups excluding carboxylic acids is 1. The van der Waals surface area contributed by atoms with E-state index in [1.807, 2.05) is 42.5 Å². The quantitative estimate of drug-likeness (QED) is 0.516. The van der Waals surface area contributed by atoms with Gasteiger partial charge in [0.1, 0.15) is 0 Å². The number of hydrogen-bond donors (Lipinski definition) is 2. The number of benzene rings is 2. The zero-order valence-electron chi connectivity index (χ0n) is 12.3. The van der Waals surface area contributed by atoms with Crippen molar-refractivity contribution in [3.63, 3.8) is 0 Å². The molecule has 0 spiro atoms. The van der Waals surface area contributed by atoms with Crippen molar-refractivity contribution in [2.45, 2.75) is 6.42 Å². The molecule has 1 amide bonds. The molecule has 2 aromatic carbocycles. The molecule has 0 bridgehead atoms. The SMILES string of the molecule is NNC(=O)CC1=Nc2ccc(Cl)cc2C(c2ccccc2)=NC1. The molecule has 0 saturated carbocycles. The van der Waals surface area contributed by atoms with Crippen molar-refractivity contribution in [3.8, 4) is 0 Å². The minimum Gasteiger partial charge on any atom is -0.294 e. The van der Waals surface area contributed by atoms with E-state index in [0.29, 0.717) is 17.3 Å². The molecule has 1 aliphatic rings. The molecule has 0 radical (unpaired) electrons. The van der Waals surface area contributed by atoms with E-state index in [9.17, 15) is 4.79 Å². The molecule has 116 valence electrons. The van der Waals surface area contributed by atoms with Crippen LogP contribution in [0.2, 0.25) is 5.02 Å². The van der Waals surface area contributed by atoms with Crippen LogP contribution in [0.5, 0.6) is 0 Å². The fourth-order valence-electron chi connectivity index (χ4n) is 2.43. The molecule has 3 N–H and O–H groups in total. The summed E-state index contributed by atoms with van der Waals surface area (Å²) in [6.45, 7) is 0.337. The molecule has 0 aliphatic carbocycles. The highest BCUT2D eigenvalue weighted by atomic mass is 35.5. The van der Waals surface area contributed by atoms with Crippen LogP contribution in [-0.4, -0.2) is 23.9 Å². The number of carbonyl (C=O) groups is 1. The minimum atomic E-state index is -0.294. The van der Waals surface area contributed by atoms with Crippen LogP contribution in [0.4, 0.5) is 5.69 Å². The van der Waals surface area contributed by atoms with Gasteiger partial charge < -0.3 is 0 Å². The Labute approximate surface area is 138 Å². The number of amides is 1. The first-order chi connectivity index (χ1) is 11.2. The van der Waals surface area contributed by atoms with Gasteiger partial charge in [-0.2, -0.15) is 0 Å². The summed E-state index contributed by atoms with van der Waals surface area (Å²) < 4.78 is 0. The average molecular weight is 327 g/mol.